The molecule has 34 heavy (non-hydrogen) atoms. The average Bonchev–Trinajstić information content (AvgIpc) is 3.31. The van der Waals surface area contributed by atoms with E-state index in [-0.39, 0.29) is 36.8 Å². The van der Waals surface area contributed by atoms with Crippen LogP contribution in [0.25, 0.3) is 11.1 Å². The van der Waals surface area contributed by atoms with Gasteiger partial charge in [-0.2, -0.15) is 0 Å². The summed E-state index contributed by atoms with van der Waals surface area (Å²) in [5.41, 5.74) is 2.65. The Labute approximate surface area is 199 Å². The van der Waals surface area contributed by atoms with Gasteiger partial charge in [-0.05, 0) is 49.2 Å². The van der Waals surface area contributed by atoms with Crippen molar-refractivity contribution in [3.63, 3.8) is 0 Å². The van der Waals surface area contributed by atoms with Crippen molar-refractivity contribution in [2.45, 2.75) is 27.4 Å². The minimum absolute atomic E-state index is 0.00489. The van der Waals surface area contributed by atoms with E-state index in [9.17, 15) is 18.0 Å². The van der Waals surface area contributed by atoms with Crippen molar-refractivity contribution in [1.29, 1.82) is 0 Å². The number of hydrogen-bond acceptors (Lipinski definition) is 9. The Kier molecular flexibility index (Phi) is 7.22. The Morgan fingerprint density at radius 2 is 1.79 bits per heavy atom. The van der Waals surface area contributed by atoms with Crippen LogP contribution in [-0.2, 0) is 19.4 Å². The van der Waals surface area contributed by atoms with E-state index >= 15 is 0 Å². The average molecular weight is 506 g/mol. The zero-order valence-corrected chi connectivity index (χ0v) is 19.7. The molecular formula is C22H23N3O7S2. The largest absolute Gasteiger partial charge is 0.432 e. The molecule has 0 unspecified atom stereocenters. The second-order valence-electron chi connectivity index (χ2n) is 7.61. The number of sulfone groups is 1. The van der Waals surface area contributed by atoms with E-state index in [1.165, 1.54) is 29.4 Å². The molecule has 1 aliphatic rings. The van der Waals surface area contributed by atoms with Gasteiger partial charge in [0.15, 0.2) is 20.2 Å². The van der Waals surface area contributed by atoms with Crippen LogP contribution in [0, 0.1) is 0 Å². The number of ether oxygens (including phenoxy) is 1. The summed E-state index contributed by atoms with van der Waals surface area (Å²) in [4.78, 5) is 29.5. The fourth-order valence-corrected chi connectivity index (χ4v) is 6.45. The number of nitrogens with one attached hydrogen (secondary N) is 2. The number of amides is 2. The number of carbonyl (C=O) groups is 2. The van der Waals surface area contributed by atoms with Gasteiger partial charge in [0, 0.05) is 30.4 Å². The molecule has 12 heteroatoms. The number of para-hydroxylation sites is 2. The highest BCUT2D eigenvalue weighted by Gasteiger charge is 2.52. The van der Waals surface area contributed by atoms with Gasteiger partial charge in [0.25, 0.3) is 11.8 Å². The minimum Gasteiger partial charge on any atom is -0.432 e. The summed E-state index contributed by atoms with van der Waals surface area (Å²) in [5, 5.41) is 11.9. The maximum Gasteiger partial charge on any atom is 0.307 e. The summed E-state index contributed by atoms with van der Waals surface area (Å²) < 4.78 is 35.4. The molecule has 2 heterocycles. The Bertz CT molecular complexity index is 1250. The standard InChI is InChI=1S/C22H23N3O7S2/c26-19(20-24-17-3-1-2-4-18(17)32-20)23-11-14-33-15-5-7-16(8-6-15)34(29,30)22(21(27)25-28)9-12-31-13-10-22/h1-8,28H,9-14H2,(H,23,26)(H,25,27). The van der Waals surface area contributed by atoms with E-state index in [1.54, 1.807) is 30.3 Å². The lowest BCUT2D eigenvalue weighted by Gasteiger charge is -2.34. The molecule has 0 bridgehead atoms. The highest BCUT2D eigenvalue weighted by atomic mass is 32.2. The molecule has 0 radical (unpaired) electrons. The summed E-state index contributed by atoms with van der Waals surface area (Å²) in [6, 6.07) is 13.3. The van der Waals surface area contributed by atoms with Crippen molar-refractivity contribution in [2.75, 3.05) is 25.5 Å². The van der Waals surface area contributed by atoms with E-state index in [0.29, 0.717) is 23.4 Å². The number of rotatable bonds is 8. The van der Waals surface area contributed by atoms with Crippen LogP contribution in [0.15, 0.2) is 62.7 Å². The molecule has 1 saturated heterocycles. The fourth-order valence-electron chi connectivity index (χ4n) is 3.74. The van der Waals surface area contributed by atoms with Gasteiger partial charge in [-0.3, -0.25) is 14.8 Å². The van der Waals surface area contributed by atoms with Crippen LogP contribution in [0.3, 0.4) is 0 Å². The molecule has 3 N–H and O–H groups in total. The maximum absolute atomic E-state index is 13.3. The monoisotopic (exact) mass is 505 g/mol. The number of fused-ring (bicyclic) bond motifs is 1. The van der Waals surface area contributed by atoms with E-state index < -0.39 is 26.4 Å². The molecule has 180 valence electrons. The van der Waals surface area contributed by atoms with Gasteiger partial charge in [0.1, 0.15) is 5.52 Å². The molecule has 4 rings (SSSR count). The molecule has 0 atom stereocenters. The summed E-state index contributed by atoms with van der Waals surface area (Å²) in [6.45, 7) is 0.563. The number of oxazole rings is 1. The molecule has 10 nitrogen and oxygen atoms in total. The summed E-state index contributed by atoms with van der Waals surface area (Å²) >= 11 is 1.43. The van der Waals surface area contributed by atoms with Gasteiger partial charge in [-0.25, -0.2) is 18.9 Å². The van der Waals surface area contributed by atoms with Gasteiger partial charge in [-0.15, -0.1) is 11.8 Å². The number of carbonyl (C=O) groups excluding carboxylic acids is 2. The maximum atomic E-state index is 13.3. The van der Waals surface area contributed by atoms with Gasteiger partial charge in [0.2, 0.25) is 0 Å². The normalized spacial score (nSPS) is 15.7. The lowest BCUT2D eigenvalue weighted by Crippen LogP contribution is -2.54. The van der Waals surface area contributed by atoms with Crippen LogP contribution in [-0.4, -0.2) is 60.7 Å². The predicted molar refractivity (Wildman–Crippen MR) is 123 cm³/mol. The van der Waals surface area contributed by atoms with Crippen LogP contribution >= 0.6 is 11.8 Å². The van der Waals surface area contributed by atoms with E-state index in [1.807, 2.05) is 6.07 Å². The molecule has 1 aliphatic heterocycles. The molecule has 2 aromatic carbocycles. The van der Waals surface area contributed by atoms with Crippen molar-refractivity contribution in [1.82, 2.24) is 15.8 Å². The SMILES string of the molecule is O=C(NCCSc1ccc(S(=O)(=O)C2(C(=O)NO)CCOCC2)cc1)c1nc2ccccc2o1. The van der Waals surface area contributed by atoms with Gasteiger partial charge in [0.05, 0.1) is 4.90 Å². The van der Waals surface area contributed by atoms with Crippen molar-refractivity contribution in [2.24, 2.45) is 0 Å². The van der Waals surface area contributed by atoms with E-state index in [2.05, 4.69) is 10.3 Å². The smallest absolute Gasteiger partial charge is 0.307 e. The summed E-state index contributed by atoms with van der Waals surface area (Å²) in [7, 11) is -4.07. The Hall–Kier alpha value is -2.93. The third-order valence-corrected chi connectivity index (χ3v) is 9.14. The third kappa shape index (κ3) is 4.67. The Morgan fingerprint density at radius 1 is 1.09 bits per heavy atom. The van der Waals surface area contributed by atoms with Crippen LogP contribution in [0.5, 0.6) is 0 Å². The Morgan fingerprint density at radius 3 is 2.47 bits per heavy atom. The first-order valence-electron chi connectivity index (χ1n) is 10.5. The highest BCUT2D eigenvalue weighted by Crippen LogP contribution is 2.35. The first-order chi connectivity index (χ1) is 16.4. The predicted octanol–water partition coefficient (Wildman–Crippen LogP) is 2.18. The van der Waals surface area contributed by atoms with Crippen LogP contribution < -0.4 is 10.8 Å². The highest BCUT2D eigenvalue weighted by molar-refractivity contribution is 7.99. The molecule has 2 amide bonds. The van der Waals surface area contributed by atoms with Gasteiger partial charge < -0.3 is 14.5 Å². The number of aromatic nitrogens is 1. The summed E-state index contributed by atoms with van der Waals surface area (Å²) in [6.07, 6.45) is -0.0873. The van der Waals surface area contributed by atoms with Crippen LogP contribution in [0.2, 0.25) is 0 Å². The number of benzene rings is 2. The van der Waals surface area contributed by atoms with Crippen molar-refractivity contribution in [3.8, 4) is 0 Å². The molecule has 1 aromatic heterocycles. The van der Waals surface area contributed by atoms with Crippen LogP contribution in [0.4, 0.5) is 0 Å². The van der Waals surface area contributed by atoms with Gasteiger partial charge in [-0.1, -0.05) is 12.1 Å². The number of nitrogens with zero attached hydrogens (tertiary/aromatic N) is 1. The lowest BCUT2D eigenvalue weighted by atomic mass is 9.98. The van der Waals surface area contributed by atoms with Crippen LogP contribution in [0.1, 0.15) is 23.5 Å². The molecular weight excluding hydrogens is 482 g/mol. The molecule has 0 aliphatic carbocycles. The fraction of sp³-hybridized carbons (Fsp3) is 0.318. The van der Waals surface area contributed by atoms with E-state index in [4.69, 9.17) is 14.4 Å². The minimum atomic E-state index is -4.07. The molecule has 3 aromatic rings. The second-order valence-corrected chi connectivity index (χ2v) is 11.0. The van der Waals surface area contributed by atoms with Gasteiger partial charge >= 0.3 is 5.91 Å². The quantitative estimate of drug-likeness (QED) is 0.181. The molecule has 0 spiro atoms. The molecule has 0 saturated carbocycles. The zero-order valence-electron chi connectivity index (χ0n) is 18.0. The van der Waals surface area contributed by atoms with Crippen molar-refractivity contribution < 1.29 is 32.4 Å². The Balaban J connectivity index is 1.35. The first-order valence-corrected chi connectivity index (χ1v) is 13.0. The van der Waals surface area contributed by atoms with Crippen molar-refractivity contribution >= 4 is 44.5 Å². The van der Waals surface area contributed by atoms with E-state index in [0.717, 1.165) is 4.90 Å². The topological polar surface area (TPSA) is 148 Å². The number of hydroxylamine groups is 1. The second kappa shape index (κ2) is 10.1. The first kappa shape index (κ1) is 24.2. The van der Waals surface area contributed by atoms with Crippen molar-refractivity contribution in [3.05, 3.63) is 54.4 Å². The third-order valence-electron chi connectivity index (χ3n) is 5.61. The zero-order chi connectivity index (χ0) is 24.2. The number of thioether (sulfide) groups is 1. The molecule has 1 fully saturated rings. The lowest BCUT2D eigenvalue weighted by molar-refractivity contribution is -0.134. The number of hydrogen-bond donors (Lipinski definition) is 3. The summed E-state index contributed by atoms with van der Waals surface area (Å²) in [5.74, 6) is -0.840.